The van der Waals surface area contributed by atoms with Gasteiger partial charge in [-0.2, -0.15) is 0 Å². The summed E-state index contributed by atoms with van der Waals surface area (Å²) < 4.78 is 11.2. The third kappa shape index (κ3) is 3.18. The zero-order valence-corrected chi connectivity index (χ0v) is 8.24. The molecule has 1 aliphatic heterocycles. The molecular formula is C8H16O2Si. The van der Waals surface area contributed by atoms with E-state index in [4.69, 9.17) is 8.85 Å². The molecule has 1 rings (SSSR count). The van der Waals surface area contributed by atoms with Gasteiger partial charge in [-0.25, -0.2) is 0 Å². The van der Waals surface area contributed by atoms with Gasteiger partial charge in [0.2, 0.25) is 0 Å². The molecular weight excluding hydrogens is 156 g/mol. The van der Waals surface area contributed by atoms with Gasteiger partial charge in [0, 0.05) is 6.61 Å². The van der Waals surface area contributed by atoms with E-state index in [2.05, 4.69) is 6.58 Å². The molecule has 1 aliphatic rings. The zero-order chi connectivity index (χ0) is 8.10. The van der Waals surface area contributed by atoms with Gasteiger partial charge in [-0.05, 0) is 25.8 Å². The summed E-state index contributed by atoms with van der Waals surface area (Å²) in [7, 11) is -1.27. The highest BCUT2D eigenvalue weighted by Crippen LogP contribution is 2.13. The van der Waals surface area contributed by atoms with Crippen molar-refractivity contribution >= 4 is 9.28 Å². The van der Waals surface area contributed by atoms with Crippen molar-refractivity contribution in [2.24, 2.45) is 0 Å². The highest BCUT2D eigenvalue weighted by molar-refractivity contribution is 6.44. The van der Waals surface area contributed by atoms with E-state index in [0.717, 1.165) is 12.7 Å². The second kappa shape index (κ2) is 4.69. The summed E-state index contributed by atoms with van der Waals surface area (Å²) in [5.41, 5.74) is 0. The van der Waals surface area contributed by atoms with Crippen molar-refractivity contribution in [2.45, 2.75) is 31.9 Å². The number of hydrogen-bond acceptors (Lipinski definition) is 2. The molecule has 0 aromatic carbocycles. The molecule has 11 heavy (non-hydrogen) atoms. The first-order valence-electron chi connectivity index (χ1n) is 4.22. The SMILES string of the molecule is C=CC(C)O[SiH]1CCCCO1. The van der Waals surface area contributed by atoms with Crippen LogP contribution in [0.1, 0.15) is 19.8 Å². The van der Waals surface area contributed by atoms with Gasteiger partial charge in [0.05, 0.1) is 6.10 Å². The Labute approximate surface area is 70.0 Å². The van der Waals surface area contributed by atoms with E-state index in [1.807, 2.05) is 13.0 Å². The minimum absolute atomic E-state index is 0.171. The molecule has 0 spiro atoms. The average Bonchev–Trinajstić information content (AvgIpc) is 2.06. The lowest BCUT2D eigenvalue weighted by Gasteiger charge is -2.22. The Bertz CT molecular complexity index is 121. The van der Waals surface area contributed by atoms with Crippen molar-refractivity contribution in [1.82, 2.24) is 0 Å². The Balaban J connectivity index is 2.18. The maximum atomic E-state index is 5.64. The minimum Gasteiger partial charge on any atom is -0.397 e. The standard InChI is InChI=1S/C8H16O2Si/c1-3-8(2)10-11-7-5-4-6-9-11/h3,8,11H,1,4-7H2,2H3. The van der Waals surface area contributed by atoms with Crippen LogP contribution < -0.4 is 0 Å². The molecule has 0 amide bonds. The Hall–Kier alpha value is -0.123. The van der Waals surface area contributed by atoms with Gasteiger partial charge in [-0.15, -0.1) is 6.58 Å². The van der Waals surface area contributed by atoms with Crippen molar-refractivity contribution in [2.75, 3.05) is 6.61 Å². The van der Waals surface area contributed by atoms with Gasteiger partial charge in [-0.1, -0.05) is 6.08 Å². The molecule has 2 atom stereocenters. The van der Waals surface area contributed by atoms with Crippen LogP contribution in [0.15, 0.2) is 12.7 Å². The molecule has 1 heterocycles. The highest BCUT2D eigenvalue weighted by Gasteiger charge is 2.18. The molecule has 2 unspecified atom stereocenters. The normalized spacial score (nSPS) is 27.9. The van der Waals surface area contributed by atoms with Crippen molar-refractivity contribution in [3.8, 4) is 0 Å². The average molecular weight is 172 g/mol. The predicted octanol–water partition coefficient (Wildman–Crippen LogP) is 1.61. The third-order valence-corrected chi connectivity index (χ3v) is 4.06. The minimum atomic E-state index is -1.27. The number of hydrogen-bond donors (Lipinski definition) is 0. The topological polar surface area (TPSA) is 18.5 Å². The monoisotopic (exact) mass is 172 g/mol. The zero-order valence-electron chi connectivity index (χ0n) is 7.08. The summed E-state index contributed by atoms with van der Waals surface area (Å²) in [6.07, 6.45) is 4.48. The summed E-state index contributed by atoms with van der Waals surface area (Å²) in [6, 6.07) is 1.16. The van der Waals surface area contributed by atoms with Crippen LogP contribution in [0.3, 0.4) is 0 Å². The Morgan fingerprint density at radius 3 is 3.00 bits per heavy atom. The van der Waals surface area contributed by atoms with Gasteiger partial charge in [0.15, 0.2) is 0 Å². The fourth-order valence-electron chi connectivity index (χ4n) is 1.11. The first kappa shape index (κ1) is 8.97. The second-order valence-corrected chi connectivity index (χ2v) is 4.92. The van der Waals surface area contributed by atoms with E-state index < -0.39 is 9.28 Å². The quantitative estimate of drug-likeness (QED) is 0.475. The van der Waals surface area contributed by atoms with Crippen molar-refractivity contribution in [3.63, 3.8) is 0 Å². The van der Waals surface area contributed by atoms with Crippen molar-refractivity contribution in [1.29, 1.82) is 0 Å². The summed E-state index contributed by atoms with van der Waals surface area (Å²) in [6.45, 7) is 6.58. The first-order chi connectivity index (χ1) is 5.33. The maximum Gasteiger partial charge on any atom is 0.321 e. The molecule has 0 aromatic heterocycles. The van der Waals surface area contributed by atoms with Gasteiger partial charge < -0.3 is 8.85 Å². The summed E-state index contributed by atoms with van der Waals surface area (Å²) >= 11 is 0. The molecule has 0 bridgehead atoms. The molecule has 64 valence electrons. The van der Waals surface area contributed by atoms with E-state index in [0.29, 0.717) is 0 Å². The smallest absolute Gasteiger partial charge is 0.321 e. The lowest BCUT2D eigenvalue weighted by Crippen LogP contribution is -2.29. The van der Waals surface area contributed by atoms with E-state index >= 15 is 0 Å². The molecule has 2 nitrogen and oxygen atoms in total. The maximum absolute atomic E-state index is 5.64. The van der Waals surface area contributed by atoms with Crippen LogP contribution in [0.25, 0.3) is 0 Å². The van der Waals surface area contributed by atoms with Crippen LogP contribution in [-0.4, -0.2) is 22.0 Å². The summed E-state index contributed by atoms with van der Waals surface area (Å²) in [5.74, 6) is 0. The highest BCUT2D eigenvalue weighted by atomic mass is 28.3. The van der Waals surface area contributed by atoms with Crippen LogP contribution in [-0.2, 0) is 8.85 Å². The summed E-state index contributed by atoms with van der Waals surface area (Å²) in [4.78, 5) is 0. The second-order valence-electron chi connectivity index (χ2n) is 2.87. The molecule has 0 N–H and O–H groups in total. The molecule has 1 saturated heterocycles. The first-order valence-corrected chi connectivity index (χ1v) is 5.98. The molecule has 0 radical (unpaired) electrons. The summed E-state index contributed by atoms with van der Waals surface area (Å²) in [5, 5.41) is 0. The third-order valence-electron chi connectivity index (χ3n) is 1.84. The van der Waals surface area contributed by atoms with Crippen LogP contribution in [0, 0.1) is 0 Å². The van der Waals surface area contributed by atoms with E-state index in [-0.39, 0.29) is 6.10 Å². The molecule has 0 aliphatic carbocycles. The molecule has 0 saturated carbocycles. The Morgan fingerprint density at radius 2 is 2.45 bits per heavy atom. The van der Waals surface area contributed by atoms with Crippen molar-refractivity contribution < 1.29 is 8.85 Å². The fourth-order valence-corrected chi connectivity index (χ4v) is 3.14. The Kier molecular flexibility index (Phi) is 3.83. The van der Waals surface area contributed by atoms with E-state index in [9.17, 15) is 0 Å². The van der Waals surface area contributed by atoms with Crippen LogP contribution in [0.5, 0.6) is 0 Å². The van der Waals surface area contributed by atoms with Gasteiger partial charge in [-0.3, -0.25) is 0 Å². The number of rotatable bonds is 3. The fraction of sp³-hybridized carbons (Fsp3) is 0.750. The predicted molar refractivity (Wildman–Crippen MR) is 47.9 cm³/mol. The van der Waals surface area contributed by atoms with Gasteiger partial charge >= 0.3 is 9.28 Å². The van der Waals surface area contributed by atoms with Gasteiger partial charge in [0.1, 0.15) is 0 Å². The van der Waals surface area contributed by atoms with Gasteiger partial charge in [0.25, 0.3) is 0 Å². The van der Waals surface area contributed by atoms with Crippen LogP contribution >= 0.6 is 0 Å². The lowest BCUT2D eigenvalue weighted by atomic mass is 10.4. The van der Waals surface area contributed by atoms with E-state index in [1.54, 1.807) is 0 Å². The molecule has 1 fully saturated rings. The largest absolute Gasteiger partial charge is 0.397 e. The molecule has 0 aromatic rings. The Morgan fingerprint density at radius 1 is 1.64 bits per heavy atom. The molecule has 3 heteroatoms. The van der Waals surface area contributed by atoms with Crippen LogP contribution in [0.4, 0.5) is 0 Å². The van der Waals surface area contributed by atoms with Crippen LogP contribution in [0.2, 0.25) is 6.04 Å². The lowest BCUT2D eigenvalue weighted by molar-refractivity contribution is 0.156. The van der Waals surface area contributed by atoms with E-state index in [1.165, 1.54) is 12.8 Å². The van der Waals surface area contributed by atoms with Crippen molar-refractivity contribution in [3.05, 3.63) is 12.7 Å².